The molecule has 0 saturated carbocycles. The number of benzene rings is 3. The molecule has 4 aromatic rings. The molecule has 1 heterocycles. The first-order valence-electron chi connectivity index (χ1n) is 9.54. The summed E-state index contributed by atoms with van der Waals surface area (Å²) in [5.74, 6) is -1.07. The van der Waals surface area contributed by atoms with Crippen LogP contribution in [-0.2, 0) is 11.3 Å². The molecule has 0 atom stereocenters. The zero-order chi connectivity index (χ0) is 21.8. The number of nitriles is 1. The van der Waals surface area contributed by atoms with Crippen molar-refractivity contribution in [2.45, 2.75) is 6.54 Å². The summed E-state index contributed by atoms with van der Waals surface area (Å²) in [6, 6.07) is 21.0. The Labute approximate surface area is 177 Å². The molecule has 152 valence electrons. The number of hydrogen-bond acceptors (Lipinski definition) is 2. The highest BCUT2D eigenvalue weighted by molar-refractivity contribution is 5.99. The van der Waals surface area contributed by atoms with Gasteiger partial charge in [-0.05, 0) is 54.1 Å². The van der Waals surface area contributed by atoms with E-state index >= 15 is 0 Å². The summed E-state index contributed by atoms with van der Waals surface area (Å²) < 4.78 is 28.4. The number of anilines is 1. The van der Waals surface area contributed by atoms with Crippen LogP contribution in [0.15, 0.2) is 79.0 Å². The van der Waals surface area contributed by atoms with Gasteiger partial charge in [0.05, 0.1) is 11.6 Å². The Balaban J connectivity index is 1.66. The Morgan fingerprint density at radius 1 is 1.00 bits per heavy atom. The van der Waals surface area contributed by atoms with Crippen LogP contribution in [0.25, 0.3) is 22.6 Å². The van der Waals surface area contributed by atoms with Gasteiger partial charge in [0.2, 0.25) is 5.91 Å². The fraction of sp³-hybridized carbons (Fsp3) is 0.0400. The standard InChI is InChI=1S/C25H17F2N3O/c26-20-8-10-22(11-9-20)29-25(31)16-30-15-19(23-6-1-2-7-24(23)30)12-18(14-28)17-4-3-5-21(27)13-17/h1-13,15H,16H2,(H,29,31)/b18-12-. The zero-order valence-corrected chi connectivity index (χ0v) is 16.3. The minimum atomic E-state index is -0.418. The van der Waals surface area contributed by atoms with Gasteiger partial charge in [-0.3, -0.25) is 4.79 Å². The maximum absolute atomic E-state index is 13.6. The van der Waals surface area contributed by atoms with Crippen LogP contribution in [0.2, 0.25) is 0 Å². The lowest BCUT2D eigenvalue weighted by Crippen LogP contribution is -2.18. The van der Waals surface area contributed by atoms with Gasteiger partial charge < -0.3 is 9.88 Å². The molecule has 0 bridgehead atoms. The van der Waals surface area contributed by atoms with E-state index in [9.17, 15) is 18.8 Å². The quantitative estimate of drug-likeness (QED) is 0.432. The highest BCUT2D eigenvalue weighted by Gasteiger charge is 2.12. The van der Waals surface area contributed by atoms with Gasteiger partial charge >= 0.3 is 0 Å². The maximum Gasteiger partial charge on any atom is 0.244 e. The number of fused-ring (bicyclic) bond motifs is 1. The number of para-hydroxylation sites is 1. The lowest BCUT2D eigenvalue weighted by atomic mass is 10.0. The molecule has 4 nitrogen and oxygen atoms in total. The fourth-order valence-electron chi connectivity index (χ4n) is 3.40. The van der Waals surface area contributed by atoms with Crippen LogP contribution in [0.3, 0.4) is 0 Å². The molecular formula is C25H17F2N3O. The number of allylic oxidation sites excluding steroid dienone is 1. The van der Waals surface area contributed by atoms with E-state index in [-0.39, 0.29) is 18.3 Å². The number of nitrogens with one attached hydrogen (secondary N) is 1. The number of aromatic nitrogens is 1. The molecule has 31 heavy (non-hydrogen) atoms. The third kappa shape index (κ3) is 4.51. The van der Waals surface area contributed by atoms with Gasteiger partial charge in [0.25, 0.3) is 0 Å². The van der Waals surface area contributed by atoms with Crippen molar-refractivity contribution in [1.82, 2.24) is 4.57 Å². The molecular weight excluding hydrogens is 396 g/mol. The van der Waals surface area contributed by atoms with Crippen molar-refractivity contribution in [3.63, 3.8) is 0 Å². The maximum atomic E-state index is 13.6. The zero-order valence-electron chi connectivity index (χ0n) is 16.3. The second kappa shape index (κ2) is 8.64. The predicted octanol–water partition coefficient (Wildman–Crippen LogP) is 5.62. The number of rotatable bonds is 5. The van der Waals surface area contributed by atoms with Crippen molar-refractivity contribution in [3.05, 3.63) is 102 Å². The van der Waals surface area contributed by atoms with Crippen molar-refractivity contribution in [2.24, 2.45) is 0 Å². The van der Waals surface area contributed by atoms with Gasteiger partial charge in [-0.15, -0.1) is 0 Å². The number of halogens is 2. The molecule has 0 unspecified atom stereocenters. The Bertz CT molecular complexity index is 1330. The SMILES string of the molecule is N#C/C(=C/c1cn(CC(=O)Nc2ccc(F)cc2)c2ccccc12)c1cccc(F)c1. The first kappa shape index (κ1) is 20.0. The fourth-order valence-corrected chi connectivity index (χ4v) is 3.40. The van der Waals surface area contributed by atoms with Crippen molar-refractivity contribution < 1.29 is 13.6 Å². The topological polar surface area (TPSA) is 57.8 Å². The molecule has 0 saturated heterocycles. The van der Waals surface area contributed by atoms with E-state index in [0.717, 1.165) is 16.5 Å². The van der Waals surface area contributed by atoms with Crippen LogP contribution in [0.1, 0.15) is 11.1 Å². The molecule has 0 aliphatic rings. The number of nitrogens with zero attached hydrogens (tertiary/aromatic N) is 2. The summed E-state index contributed by atoms with van der Waals surface area (Å²) in [4.78, 5) is 12.5. The van der Waals surface area contributed by atoms with Gasteiger partial charge in [0.1, 0.15) is 18.2 Å². The molecule has 3 aromatic carbocycles. The Hall–Kier alpha value is -4.24. The Morgan fingerprint density at radius 3 is 2.52 bits per heavy atom. The summed E-state index contributed by atoms with van der Waals surface area (Å²) in [5.41, 5.74) is 2.86. The molecule has 6 heteroatoms. The van der Waals surface area contributed by atoms with E-state index < -0.39 is 5.82 Å². The van der Waals surface area contributed by atoms with E-state index in [1.54, 1.807) is 29.0 Å². The summed E-state index contributed by atoms with van der Waals surface area (Å²) in [7, 11) is 0. The lowest BCUT2D eigenvalue weighted by Gasteiger charge is -2.07. The normalized spacial score (nSPS) is 11.3. The molecule has 0 fully saturated rings. The molecule has 4 rings (SSSR count). The molecule has 0 aliphatic heterocycles. The third-order valence-corrected chi connectivity index (χ3v) is 4.82. The van der Waals surface area contributed by atoms with Gasteiger partial charge in [-0.1, -0.05) is 30.3 Å². The van der Waals surface area contributed by atoms with Crippen LogP contribution in [-0.4, -0.2) is 10.5 Å². The van der Waals surface area contributed by atoms with Crippen LogP contribution in [0, 0.1) is 23.0 Å². The largest absolute Gasteiger partial charge is 0.337 e. The molecule has 1 amide bonds. The van der Waals surface area contributed by atoms with E-state index in [4.69, 9.17) is 0 Å². The monoisotopic (exact) mass is 413 g/mol. The molecule has 1 N–H and O–H groups in total. The minimum Gasteiger partial charge on any atom is -0.337 e. The van der Waals surface area contributed by atoms with Crippen molar-refractivity contribution in [1.29, 1.82) is 5.26 Å². The summed E-state index contributed by atoms with van der Waals surface area (Å²) in [6.45, 7) is 0.0353. The van der Waals surface area contributed by atoms with E-state index in [0.29, 0.717) is 16.8 Å². The van der Waals surface area contributed by atoms with Crippen LogP contribution < -0.4 is 5.32 Å². The Morgan fingerprint density at radius 2 is 1.77 bits per heavy atom. The number of amides is 1. The van der Waals surface area contributed by atoms with E-state index in [2.05, 4.69) is 11.4 Å². The summed E-state index contributed by atoms with van der Waals surface area (Å²) >= 11 is 0. The van der Waals surface area contributed by atoms with Crippen LogP contribution >= 0.6 is 0 Å². The smallest absolute Gasteiger partial charge is 0.244 e. The molecule has 0 aliphatic carbocycles. The first-order chi connectivity index (χ1) is 15.0. The Kier molecular flexibility index (Phi) is 5.59. The van der Waals surface area contributed by atoms with Gasteiger partial charge in [0, 0.05) is 28.4 Å². The van der Waals surface area contributed by atoms with Crippen molar-refractivity contribution in [2.75, 3.05) is 5.32 Å². The first-order valence-corrected chi connectivity index (χ1v) is 9.54. The average molecular weight is 413 g/mol. The second-order valence-corrected chi connectivity index (χ2v) is 6.96. The average Bonchev–Trinajstić information content (AvgIpc) is 3.11. The molecule has 0 radical (unpaired) electrons. The van der Waals surface area contributed by atoms with E-state index in [1.807, 2.05) is 24.3 Å². The summed E-state index contributed by atoms with van der Waals surface area (Å²) in [6.07, 6.45) is 3.47. The summed E-state index contributed by atoms with van der Waals surface area (Å²) in [5, 5.41) is 13.2. The second-order valence-electron chi connectivity index (χ2n) is 6.96. The number of carbonyl (C=O) groups excluding carboxylic acids is 1. The number of carbonyl (C=O) groups is 1. The third-order valence-electron chi connectivity index (χ3n) is 4.82. The highest BCUT2D eigenvalue weighted by atomic mass is 19.1. The van der Waals surface area contributed by atoms with Crippen LogP contribution in [0.5, 0.6) is 0 Å². The predicted molar refractivity (Wildman–Crippen MR) is 117 cm³/mol. The minimum absolute atomic E-state index is 0.0353. The molecule has 0 spiro atoms. The van der Waals surface area contributed by atoms with Gasteiger partial charge in [-0.2, -0.15) is 5.26 Å². The van der Waals surface area contributed by atoms with Gasteiger partial charge in [-0.25, -0.2) is 8.78 Å². The molecule has 1 aromatic heterocycles. The van der Waals surface area contributed by atoms with Crippen molar-refractivity contribution in [3.8, 4) is 6.07 Å². The van der Waals surface area contributed by atoms with E-state index in [1.165, 1.54) is 36.4 Å². The van der Waals surface area contributed by atoms with Crippen LogP contribution in [0.4, 0.5) is 14.5 Å². The lowest BCUT2D eigenvalue weighted by molar-refractivity contribution is -0.116. The van der Waals surface area contributed by atoms with Crippen molar-refractivity contribution >= 4 is 34.1 Å². The number of hydrogen-bond donors (Lipinski definition) is 1. The highest BCUT2D eigenvalue weighted by Crippen LogP contribution is 2.26. The van der Waals surface area contributed by atoms with Gasteiger partial charge in [0.15, 0.2) is 0 Å².